The smallest absolute Gasteiger partial charge is 0.312 e. The summed E-state index contributed by atoms with van der Waals surface area (Å²) in [7, 11) is -1.39. The van der Waals surface area contributed by atoms with Crippen LogP contribution in [0.1, 0.15) is 40.0 Å². The summed E-state index contributed by atoms with van der Waals surface area (Å²) in [6, 6.07) is 0. The average Bonchev–Trinajstić information content (AvgIpc) is 2.21. The molecule has 3 nitrogen and oxygen atoms in total. The summed E-state index contributed by atoms with van der Waals surface area (Å²) in [5.74, 6) is 0. The van der Waals surface area contributed by atoms with Gasteiger partial charge in [0.2, 0.25) is 0 Å². The molecule has 0 radical (unpaired) electrons. The Labute approximate surface area is 87.7 Å². The third-order valence-corrected chi connectivity index (χ3v) is 4.45. The standard InChI is InChI=1S/C10H23O3P/c1-6-10(7-2,8-3)9-13-14(5,11)12-4/h6-9H2,1-5H3. The highest BCUT2D eigenvalue weighted by Gasteiger charge is 2.27. The van der Waals surface area contributed by atoms with Crippen LogP contribution in [0.4, 0.5) is 0 Å². The second kappa shape index (κ2) is 5.89. The molecule has 0 amide bonds. The van der Waals surface area contributed by atoms with Crippen molar-refractivity contribution < 1.29 is 13.6 Å². The summed E-state index contributed by atoms with van der Waals surface area (Å²) in [5.41, 5.74) is 0.157. The lowest BCUT2D eigenvalue weighted by Gasteiger charge is -2.30. The molecule has 0 aliphatic heterocycles. The van der Waals surface area contributed by atoms with Gasteiger partial charge in [0.05, 0.1) is 6.61 Å². The summed E-state index contributed by atoms with van der Waals surface area (Å²) < 4.78 is 21.7. The third-order valence-electron chi connectivity index (χ3n) is 3.19. The molecule has 0 aliphatic carbocycles. The zero-order chi connectivity index (χ0) is 11.2. The first-order chi connectivity index (χ1) is 6.45. The van der Waals surface area contributed by atoms with E-state index >= 15 is 0 Å². The molecule has 86 valence electrons. The number of hydrogen-bond acceptors (Lipinski definition) is 3. The van der Waals surface area contributed by atoms with Crippen LogP contribution >= 0.6 is 7.60 Å². The topological polar surface area (TPSA) is 35.5 Å². The molecule has 1 atom stereocenters. The molecule has 0 aromatic heterocycles. The summed E-state index contributed by atoms with van der Waals surface area (Å²) >= 11 is 0. The van der Waals surface area contributed by atoms with Crippen LogP contribution < -0.4 is 0 Å². The van der Waals surface area contributed by atoms with Gasteiger partial charge in [0, 0.05) is 13.8 Å². The quantitative estimate of drug-likeness (QED) is 0.616. The normalized spacial score (nSPS) is 16.6. The van der Waals surface area contributed by atoms with E-state index in [1.165, 1.54) is 13.8 Å². The fourth-order valence-electron chi connectivity index (χ4n) is 1.36. The van der Waals surface area contributed by atoms with Crippen molar-refractivity contribution in [2.45, 2.75) is 40.0 Å². The van der Waals surface area contributed by atoms with Crippen LogP contribution in [-0.4, -0.2) is 20.4 Å². The largest absolute Gasteiger partial charge is 0.327 e. The van der Waals surface area contributed by atoms with E-state index in [4.69, 9.17) is 9.05 Å². The minimum atomic E-state index is -2.81. The van der Waals surface area contributed by atoms with Crippen molar-refractivity contribution >= 4 is 7.60 Å². The first-order valence-corrected chi connectivity index (χ1v) is 7.22. The minimum Gasteiger partial charge on any atom is -0.312 e. The van der Waals surface area contributed by atoms with E-state index in [0.717, 1.165) is 19.3 Å². The Balaban J connectivity index is 4.26. The van der Waals surface area contributed by atoms with Crippen LogP contribution in [0, 0.1) is 5.41 Å². The monoisotopic (exact) mass is 222 g/mol. The molecular weight excluding hydrogens is 199 g/mol. The van der Waals surface area contributed by atoms with Gasteiger partial charge < -0.3 is 9.05 Å². The maximum atomic E-state index is 11.5. The molecule has 0 fully saturated rings. The van der Waals surface area contributed by atoms with Crippen molar-refractivity contribution in [3.63, 3.8) is 0 Å². The summed E-state index contributed by atoms with van der Waals surface area (Å²) in [5, 5.41) is 0. The molecule has 14 heavy (non-hydrogen) atoms. The van der Waals surface area contributed by atoms with Gasteiger partial charge in [0.25, 0.3) is 0 Å². The van der Waals surface area contributed by atoms with Gasteiger partial charge in [-0.25, -0.2) is 0 Å². The molecule has 0 N–H and O–H groups in total. The molecule has 0 saturated heterocycles. The van der Waals surface area contributed by atoms with Gasteiger partial charge in [-0.3, -0.25) is 4.57 Å². The van der Waals surface area contributed by atoms with Gasteiger partial charge in [-0.15, -0.1) is 0 Å². The molecule has 0 bridgehead atoms. The van der Waals surface area contributed by atoms with E-state index in [2.05, 4.69) is 20.8 Å². The fraction of sp³-hybridized carbons (Fsp3) is 1.00. The Morgan fingerprint density at radius 3 is 1.86 bits per heavy atom. The van der Waals surface area contributed by atoms with Crippen molar-refractivity contribution in [1.29, 1.82) is 0 Å². The predicted molar refractivity (Wildman–Crippen MR) is 59.8 cm³/mol. The lowest BCUT2D eigenvalue weighted by molar-refractivity contribution is 0.112. The number of hydrogen-bond donors (Lipinski definition) is 0. The molecule has 0 saturated carbocycles. The van der Waals surface area contributed by atoms with E-state index in [1.807, 2.05) is 0 Å². The Hall–Kier alpha value is 0.150. The van der Waals surface area contributed by atoms with Crippen LogP contribution in [0.3, 0.4) is 0 Å². The van der Waals surface area contributed by atoms with E-state index < -0.39 is 7.60 Å². The molecule has 0 spiro atoms. The van der Waals surface area contributed by atoms with Crippen molar-refractivity contribution in [1.82, 2.24) is 0 Å². The van der Waals surface area contributed by atoms with Crippen molar-refractivity contribution in [3.8, 4) is 0 Å². The summed E-state index contributed by atoms with van der Waals surface area (Å²) in [6.45, 7) is 8.47. The molecule has 0 aromatic carbocycles. The van der Waals surface area contributed by atoms with E-state index in [1.54, 1.807) is 0 Å². The highest BCUT2D eigenvalue weighted by Crippen LogP contribution is 2.45. The van der Waals surface area contributed by atoms with Crippen LogP contribution in [0.2, 0.25) is 0 Å². The van der Waals surface area contributed by atoms with Crippen molar-refractivity contribution in [3.05, 3.63) is 0 Å². The molecule has 4 heteroatoms. The Bertz CT molecular complexity index is 191. The predicted octanol–water partition coefficient (Wildman–Crippen LogP) is 3.69. The van der Waals surface area contributed by atoms with E-state index in [-0.39, 0.29) is 5.41 Å². The maximum absolute atomic E-state index is 11.5. The minimum absolute atomic E-state index is 0.157. The van der Waals surface area contributed by atoms with Crippen LogP contribution in [0.15, 0.2) is 0 Å². The maximum Gasteiger partial charge on any atom is 0.327 e. The van der Waals surface area contributed by atoms with Crippen molar-refractivity contribution in [2.75, 3.05) is 20.4 Å². The van der Waals surface area contributed by atoms with Gasteiger partial charge in [0.15, 0.2) is 0 Å². The molecule has 0 rings (SSSR count). The first-order valence-electron chi connectivity index (χ1n) is 5.23. The molecule has 0 aliphatic rings. The van der Waals surface area contributed by atoms with Gasteiger partial charge in [-0.2, -0.15) is 0 Å². The second-order valence-electron chi connectivity index (χ2n) is 3.79. The third kappa shape index (κ3) is 4.12. The average molecular weight is 222 g/mol. The molecular formula is C10H23O3P. The van der Waals surface area contributed by atoms with Gasteiger partial charge >= 0.3 is 7.60 Å². The van der Waals surface area contributed by atoms with E-state index in [9.17, 15) is 4.57 Å². The highest BCUT2D eigenvalue weighted by atomic mass is 31.2. The fourth-order valence-corrected chi connectivity index (χ4v) is 1.98. The van der Waals surface area contributed by atoms with E-state index in [0.29, 0.717) is 6.61 Å². The van der Waals surface area contributed by atoms with Gasteiger partial charge in [0.1, 0.15) is 0 Å². The van der Waals surface area contributed by atoms with Crippen molar-refractivity contribution in [2.24, 2.45) is 5.41 Å². The highest BCUT2D eigenvalue weighted by molar-refractivity contribution is 7.52. The summed E-state index contributed by atoms with van der Waals surface area (Å²) in [6.07, 6.45) is 3.14. The summed E-state index contributed by atoms with van der Waals surface area (Å²) in [4.78, 5) is 0. The Morgan fingerprint density at radius 2 is 1.57 bits per heavy atom. The Morgan fingerprint density at radius 1 is 1.14 bits per heavy atom. The molecule has 0 heterocycles. The molecule has 1 unspecified atom stereocenters. The first kappa shape index (κ1) is 14.2. The van der Waals surface area contributed by atoms with Crippen LogP contribution in [0.25, 0.3) is 0 Å². The number of rotatable bonds is 7. The Kier molecular flexibility index (Phi) is 5.96. The zero-order valence-corrected chi connectivity index (χ0v) is 10.9. The van der Waals surface area contributed by atoms with Gasteiger partial charge in [-0.05, 0) is 24.7 Å². The van der Waals surface area contributed by atoms with Crippen LogP contribution in [-0.2, 0) is 13.6 Å². The SMILES string of the molecule is CCC(CC)(CC)COP(C)(=O)OC. The van der Waals surface area contributed by atoms with Crippen LogP contribution in [0.5, 0.6) is 0 Å². The lowest BCUT2D eigenvalue weighted by atomic mass is 9.81. The lowest BCUT2D eigenvalue weighted by Crippen LogP contribution is -2.24. The second-order valence-corrected chi connectivity index (χ2v) is 5.95. The molecule has 0 aromatic rings. The van der Waals surface area contributed by atoms with Gasteiger partial charge in [-0.1, -0.05) is 20.8 Å². The zero-order valence-electron chi connectivity index (χ0n) is 10.0.